The molecule has 0 saturated carbocycles. The molecule has 0 aliphatic heterocycles. The van der Waals surface area contributed by atoms with Gasteiger partial charge in [0.25, 0.3) is 0 Å². The number of nitrogens with zero attached hydrogens (tertiary/aromatic N) is 2. The number of carboxylic acid groups (broad SMARTS) is 1. The average molecular weight is 278 g/mol. The highest BCUT2D eigenvalue weighted by molar-refractivity contribution is 6.30. The Bertz CT molecular complexity index is 578. The number of benzene rings is 1. The fourth-order valence-electron chi connectivity index (χ4n) is 1.69. The maximum absolute atomic E-state index is 12.0. The van der Waals surface area contributed by atoms with Crippen LogP contribution in [0, 0.1) is 0 Å². The number of aliphatic carboxylic acids is 1. The lowest BCUT2D eigenvalue weighted by Gasteiger charge is -2.18. The standard InChI is InChI=1S/C13H11ClN2O3/c14-10-3-1-9(2-4-10)12(17)7-11(13(18)19)16-6-5-15-8-16/h1-6,8,11H,7H2,(H,18,19)/p-1/t11-/m0/s1. The van der Waals surface area contributed by atoms with Gasteiger partial charge < -0.3 is 14.5 Å². The van der Waals surface area contributed by atoms with Crippen molar-refractivity contribution in [2.75, 3.05) is 0 Å². The normalized spacial score (nSPS) is 12.1. The highest BCUT2D eigenvalue weighted by Crippen LogP contribution is 2.16. The van der Waals surface area contributed by atoms with E-state index in [4.69, 9.17) is 11.6 Å². The first-order valence-corrected chi connectivity index (χ1v) is 5.93. The molecule has 19 heavy (non-hydrogen) atoms. The first-order valence-electron chi connectivity index (χ1n) is 5.55. The zero-order valence-corrected chi connectivity index (χ0v) is 10.6. The van der Waals surface area contributed by atoms with Crippen LogP contribution in [-0.2, 0) is 4.79 Å². The molecule has 6 heteroatoms. The summed E-state index contributed by atoms with van der Waals surface area (Å²) in [7, 11) is 0. The van der Waals surface area contributed by atoms with E-state index < -0.39 is 12.0 Å². The molecule has 1 aromatic carbocycles. The fourth-order valence-corrected chi connectivity index (χ4v) is 1.82. The molecule has 1 atom stereocenters. The molecule has 1 heterocycles. The molecule has 98 valence electrons. The summed E-state index contributed by atoms with van der Waals surface area (Å²) in [5.41, 5.74) is 0.413. The number of hydrogen-bond acceptors (Lipinski definition) is 4. The average Bonchev–Trinajstić information content (AvgIpc) is 2.89. The highest BCUT2D eigenvalue weighted by atomic mass is 35.5. The smallest absolute Gasteiger partial charge is 0.165 e. The second-order valence-electron chi connectivity index (χ2n) is 3.98. The molecular formula is C13H10ClN2O3-. The molecule has 0 fully saturated rings. The largest absolute Gasteiger partial charge is 0.548 e. The Hall–Kier alpha value is -2.14. The molecule has 0 spiro atoms. The van der Waals surface area contributed by atoms with Crippen LogP contribution in [0.15, 0.2) is 43.0 Å². The van der Waals surface area contributed by atoms with Crippen LogP contribution in [0.5, 0.6) is 0 Å². The van der Waals surface area contributed by atoms with Crippen molar-refractivity contribution in [1.29, 1.82) is 0 Å². The van der Waals surface area contributed by atoms with Crippen LogP contribution in [-0.4, -0.2) is 21.3 Å². The first-order chi connectivity index (χ1) is 9.08. The van der Waals surface area contributed by atoms with Gasteiger partial charge >= 0.3 is 0 Å². The third kappa shape index (κ3) is 3.20. The van der Waals surface area contributed by atoms with E-state index in [1.165, 1.54) is 23.3 Å². The molecule has 2 rings (SSSR count). The van der Waals surface area contributed by atoms with E-state index in [1.807, 2.05) is 0 Å². The lowest BCUT2D eigenvalue weighted by atomic mass is 10.0. The predicted octanol–water partition coefficient (Wildman–Crippen LogP) is 1.10. The minimum atomic E-state index is -1.32. The van der Waals surface area contributed by atoms with Gasteiger partial charge in [0.05, 0.1) is 18.3 Å². The van der Waals surface area contributed by atoms with Crippen LogP contribution < -0.4 is 5.11 Å². The Morgan fingerprint density at radius 3 is 2.53 bits per heavy atom. The molecule has 0 N–H and O–H groups in total. The second kappa shape index (κ2) is 5.67. The summed E-state index contributed by atoms with van der Waals surface area (Å²) in [4.78, 5) is 26.8. The third-order valence-corrected chi connectivity index (χ3v) is 2.95. The topological polar surface area (TPSA) is 75.0 Å². The summed E-state index contributed by atoms with van der Waals surface area (Å²) in [6.07, 6.45) is 4.08. The van der Waals surface area contributed by atoms with E-state index in [9.17, 15) is 14.7 Å². The predicted molar refractivity (Wildman–Crippen MR) is 66.7 cm³/mol. The van der Waals surface area contributed by atoms with Crippen LogP contribution in [0.3, 0.4) is 0 Å². The van der Waals surface area contributed by atoms with Crippen LogP contribution in [0.25, 0.3) is 0 Å². The van der Waals surface area contributed by atoms with Gasteiger partial charge in [0.15, 0.2) is 5.78 Å². The summed E-state index contributed by atoms with van der Waals surface area (Å²) in [6.45, 7) is 0. The van der Waals surface area contributed by atoms with Gasteiger partial charge in [-0.05, 0) is 24.3 Å². The van der Waals surface area contributed by atoms with Crippen molar-refractivity contribution in [1.82, 2.24) is 9.55 Å². The Kier molecular flexibility index (Phi) is 3.97. The highest BCUT2D eigenvalue weighted by Gasteiger charge is 2.17. The van der Waals surface area contributed by atoms with E-state index in [2.05, 4.69) is 4.98 Å². The molecule has 0 unspecified atom stereocenters. The molecule has 0 aliphatic carbocycles. The number of imidazole rings is 1. The number of carbonyl (C=O) groups is 2. The second-order valence-corrected chi connectivity index (χ2v) is 4.42. The van der Waals surface area contributed by atoms with Gasteiger partial charge in [-0.1, -0.05) is 11.6 Å². The number of carbonyl (C=O) groups excluding carboxylic acids is 2. The van der Waals surface area contributed by atoms with Crippen molar-refractivity contribution in [3.05, 3.63) is 53.6 Å². The Morgan fingerprint density at radius 1 is 1.32 bits per heavy atom. The molecule has 0 amide bonds. The van der Waals surface area contributed by atoms with Crippen LogP contribution in [0.4, 0.5) is 0 Å². The van der Waals surface area contributed by atoms with E-state index in [0.29, 0.717) is 10.6 Å². The van der Waals surface area contributed by atoms with Crippen molar-refractivity contribution in [2.45, 2.75) is 12.5 Å². The summed E-state index contributed by atoms with van der Waals surface area (Å²) in [5, 5.41) is 11.6. The van der Waals surface area contributed by atoms with E-state index in [-0.39, 0.29) is 12.2 Å². The monoisotopic (exact) mass is 277 g/mol. The molecule has 0 saturated heterocycles. The van der Waals surface area contributed by atoms with Gasteiger partial charge in [-0.15, -0.1) is 0 Å². The molecule has 2 aromatic rings. The quantitative estimate of drug-likeness (QED) is 0.767. The zero-order chi connectivity index (χ0) is 13.8. The van der Waals surface area contributed by atoms with Crippen LogP contribution in [0.2, 0.25) is 5.02 Å². The SMILES string of the molecule is O=C(C[C@@H](C(=O)[O-])n1ccnc1)c1ccc(Cl)cc1. The van der Waals surface area contributed by atoms with Crippen molar-refractivity contribution >= 4 is 23.4 Å². The number of aromatic nitrogens is 2. The first kappa shape index (κ1) is 13.3. The maximum Gasteiger partial charge on any atom is 0.165 e. The number of Topliss-reactive ketones (excluding diaryl/α,β-unsaturated/α-hetero) is 1. The van der Waals surface area contributed by atoms with E-state index >= 15 is 0 Å². The van der Waals surface area contributed by atoms with Crippen molar-refractivity contribution in [2.24, 2.45) is 0 Å². The number of carboxylic acids is 1. The summed E-state index contributed by atoms with van der Waals surface area (Å²) < 4.78 is 1.34. The molecular weight excluding hydrogens is 268 g/mol. The lowest BCUT2D eigenvalue weighted by Crippen LogP contribution is -2.34. The van der Waals surface area contributed by atoms with Crippen LogP contribution >= 0.6 is 11.6 Å². The molecule has 5 nitrogen and oxygen atoms in total. The van der Waals surface area contributed by atoms with Crippen LogP contribution in [0.1, 0.15) is 22.8 Å². The Labute approximate surface area is 114 Å². The van der Waals surface area contributed by atoms with E-state index in [1.54, 1.807) is 24.3 Å². The van der Waals surface area contributed by atoms with Crippen molar-refractivity contribution in [3.8, 4) is 0 Å². The number of ketones is 1. The maximum atomic E-state index is 12.0. The van der Waals surface area contributed by atoms with Crippen molar-refractivity contribution < 1.29 is 14.7 Å². The molecule has 1 aromatic heterocycles. The molecule has 0 radical (unpaired) electrons. The lowest BCUT2D eigenvalue weighted by molar-refractivity contribution is -0.310. The van der Waals surface area contributed by atoms with E-state index in [0.717, 1.165) is 0 Å². The van der Waals surface area contributed by atoms with Gasteiger partial charge in [0, 0.05) is 29.4 Å². The Morgan fingerprint density at radius 2 is 2.00 bits per heavy atom. The number of rotatable bonds is 5. The third-order valence-electron chi connectivity index (χ3n) is 2.70. The molecule has 0 bridgehead atoms. The van der Waals surface area contributed by atoms with Crippen molar-refractivity contribution in [3.63, 3.8) is 0 Å². The van der Waals surface area contributed by atoms with Gasteiger partial charge in [-0.25, -0.2) is 4.98 Å². The zero-order valence-electron chi connectivity index (χ0n) is 9.82. The Balaban J connectivity index is 2.16. The minimum Gasteiger partial charge on any atom is -0.548 e. The van der Waals surface area contributed by atoms with Gasteiger partial charge in [0.2, 0.25) is 0 Å². The fraction of sp³-hybridized carbons (Fsp3) is 0.154. The number of hydrogen-bond donors (Lipinski definition) is 0. The van der Waals surface area contributed by atoms with Gasteiger partial charge in [-0.2, -0.15) is 0 Å². The van der Waals surface area contributed by atoms with Gasteiger partial charge in [-0.3, -0.25) is 4.79 Å². The summed E-state index contributed by atoms with van der Waals surface area (Å²) in [6, 6.07) is 5.22. The molecule has 0 aliphatic rings. The van der Waals surface area contributed by atoms with Gasteiger partial charge in [0.1, 0.15) is 0 Å². The summed E-state index contributed by atoms with van der Waals surface area (Å²) in [5.74, 6) is -1.61. The number of halogens is 1. The summed E-state index contributed by atoms with van der Waals surface area (Å²) >= 11 is 5.73. The minimum absolute atomic E-state index is 0.194.